The number of hydrogen-bond donors (Lipinski definition) is 0. The van der Waals surface area contributed by atoms with E-state index in [0.29, 0.717) is 0 Å². The van der Waals surface area contributed by atoms with Crippen LogP contribution in [0.4, 0.5) is 0 Å². The summed E-state index contributed by atoms with van der Waals surface area (Å²) in [6.45, 7) is 0. The summed E-state index contributed by atoms with van der Waals surface area (Å²) in [5.74, 6) is 0. The molecule has 0 unspecified atom stereocenters. The monoisotopic (exact) mass is 290 g/mol. The van der Waals surface area contributed by atoms with Gasteiger partial charge >= 0.3 is 17.4 Å². The van der Waals surface area contributed by atoms with E-state index in [9.17, 15) is 0 Å². The average molecular weight is 291 g/mol. The first kappa shape index (κ1) is 133. The molecule has 11 nitrogen and oxygen atoms in total. The van der Waals surface area contributed by atoms with Crippen LogP contribution in [0, 0.1) is 0 Å². The summed E-state index contributed by atoms with van der Waals surface area (Å²) in [4.78, 5) is 0. The Kier molecular flexibility index (Phi) is 478. The second kappa shape index (κ2) is 50.3. The molecule has 0 aromatic heterocycles. The third-order valence-corrected chi connectivity index (χ3v) is 0. The Morgan fingerprint density at radius 1 is 0.714 bits per heavy atom. The molecular weight excluding hydrogens is 270 g/mol. The fraction of sp³-hybridized carbons (Fsp3) is 0. The van der Waals surface area contributed by atoms with Crippen molar-refractivity contribution in [2.45, 2.75) is 0 Å². The number of halogens is 1. The molecule has 0 aliphatic heterocycles. The van der Waals surface area contributed by atoms with Crippen molar-refractivity contribution in [1.29, 1.82) is 0 Å². The third-order valence-electron chi connectivity index (χ3n) is 0. The Morgan fingerprint density at radius 3 is 0.714 bits per heavy atom. The van der Waals surface area contributed by atoms with E-state index in [1.807, 2.05) is 0 Å². The number of hydrogen-bond acceptors (Lipinski definition) is 4. The van der Waals surface area contributed by atoms with E-state index in [1.54, 1.807) is 0 Å². The van der Waals surface area contributed by atoms with Gasteiger partial charge in [0.25, 0.3) is 0 Å². The van der Waals surface area contributed by atoms with Crippen molar-refractivity contribution in [1.82, 2.24) is 0 Å². The molecule has 0 aliphatic rings. The first-order chi connectivity index (χ1) is 2.00. The van der Waals surface area contributed by atoms with Crippen molar-refractivity contribution in [3.63, 3.8) is 0 Å². The van der Waals surface area contributed by atoms with Crippen molar-refractivity contribution in [3.8, 4) is 0 Å². The van der Waals surface area contributed by atoms with Gasteiger partial charge in [0.05, 0.1) is 0 Å². The molecule has 0 aromatic rings. The minimum atomic E-state index is -5.17. The summed E-state index contributed by atoms with van der Waals surface area (Å²) in [5.41, 5.74) is 0. The van der Waals surface area contributed by atoms with Crippen LogP contribution in [0.5, 0.6) is 0 Å². The molecule has 20 N–H and O–H groups in total. The van der Waals surface area contributed by atoms with Crippen LogP contribution in [0.3, 0.4) is 0 Å². The minimum Gasteiger partial charge on any atom is -1.00 e. The molecule has 0 saturated carbocycles. The molecule has 0 amide bonds. The van der Waals surface area contributed by atoms with Crippen LogP contribution in [0.25, 0.3) is 0 Å². The van der Waals surface area contributed by atoms with Gasteiger partial charge in [-0.1, -0.05) is 0 Å². The van der Waals surface area contributed by atoms with Crippen molar-refractivity contribution in [2.24, 2.45) is 0 Å². The van der Waals surface area contributed by atoms with E-state index >= 15 is 0 Å². The molecule has 0 radical (unpaired) electrons. The predicted octanol–water partition coefficient (Wildman–Crippen LogP) is -11.1. The van der Waals surface area contributed by atoms with Gasteiger partial charge in [-0.2, -0.15) is 0 Å². The Morgan fingerprint density at radius 2 is 0.714 bits per heavy atom. The summed E-state index contributed by atoms with van der Waals surface area (Å²) in [6, 6.07) is 0. The maximum Gasteiger partial charge on any atom is 3.00 e. The molecular formula is H20AlClO11S+6. The molecule has 14 heavy (non-hydrogen) atoms. The predicted molar refractivity (Wildman–Crippen MR) is 49.1 cm³/mol. The first-order valence-corrected chi connectivity index (χ1v) is 2.00. The molecule has 0 saturated heterocycles. The quantitative estimate of drug-likeness (QED) is 0.181. The molecule has 0 rings (SSSR count). The van der Waals surface area contributed by atoms with Crippen LogP contribution in [0.2, 0.25) is 0 Å². The van der Waals surface area contributed by atoms with Crippen molar-refractivity contribution in [3.05, 3.63) is 0 Å². The van der Waals surface area contributed by atoms with Gasteiger partial charge in [-0.3, -0.25) is 8.42 Å². The van der Waals surface area contributed by atoms with Crippen molar-refractivity contribution in [2.75, 3.05) is 0 Å². The molecule has 0 aromatic carbocycles. The molecule has 0 aliphatic carbocycles. The summed E-state index contributed by atoms with van der Waals surface area (Å²) in [6.07, 6.45) is 0. The van der Waals surface area contributed by atoms with Gasteiger partial charge in [0.1, 0.15) is 0 Å². The Balaban J connectivity index is -0.00000000222. The average Bonchev–Trinajstić information content (AvgIpc) is 0.722. The topological polar surface area (TPSA) is 310 Å². The van der Waals surface area contributed by atoms with Gasteiger partial charge in [-0.05, 0) is 0 Å². The van der Waals surface area contributed by atoms with E-state index in [2.05, 4.69) is 0 Å². The van der Waals surface area contributed by atoms with E-state index in [0.717, 1.165) is 0 Å². The van der Waals surface area contributed by atoms with Crippen LogP contribution >= 0.6 is 0 Å². The molecule has 0 spiro atoms. The van der Waals surface area contributed by atoms with Gasteiger partial charge in [-0.25, -0.2) is 0 Å². The van der Waals surface area contributed by atoms with Gasteiger partial charge in [-0.15, -0.1) is 0 Å². The summed E-state index contributed by atoms with van der Waals surface area (Å²) in [5, 5.41) is 0. The Bertz CT molecular complexity index is 98.5. The fourth-order valence-electron chi connectivity index (χ4n) is 0. The normalized spacial score (nSPS) is 4.14. The summed E-state index contributed by atoms with van der Waals surface area (Å²) >= 11 is 0. The summed E-state index contributed by atoms with van der Waals surface area (Å²) in [7, 11) is -5.17. The van der Waals surface area contributed by atoms with Gasteiger partial charge in [0, 0.05) is 10.4 Å². The third kappa shape index (κ3) is 9500. The second-order valence-electron chi connectivity index (χ2n) is 0.408. The zero-order chi connectivity index (χ0) is 4.50. The molecule has 0 fully saturated rings. The largest absolute Gasteiger partial charge is 3.00 e. The standard InChI is InChI=1S/Al.ClH.H2O4S.7H2O/c;;1-5(2,3)4;;;;;;;/h;1H;(H2,1,2,3,4);7*1H2/q+3;;;;;;;;;/p+3. The smallest absolute Gasteiger partial charge is 1.00 e. The minimum absolute atomic E-state index is 0. The van der Waals surface area contributed by atoms with Crippen molar-refractivity contribution >= 4 is 27.8 Å². The molecule has 0 bridgehead atoms. The molecule has 96 valence electrons. The van der Waals surface area contributed by atoms with E-state index in [1.165, 1.54) is 0 Å². The van der Waals surface area contributed by atoms with Crippen LogP contribution in [0.1, 0.15) is 0 Å². The zero-order valence-corrected chi connectivity index (χ0v) is 9.69. The van der Waals surface area contributed by atoms with E-state index in [-0.39, 0.29) is 68.1 Å². The van der Waals surface area contributed by atoms with Gasteiger partial charge in [0.15, 0.2) is 0 Å². The fourth-order valence-corrected chi connectivity index (χ4v) is 0. The van der Waals surface area contributed by atoms with E-state index < -0.39 is 10.4 Å². The first-order valence-electron chi connectivity index (χ1n) is 0.667. The van der Waals surface area contributed by atoms with E-state index in [4.69, 9.17) is 17.5 Å². The Hall–Kier alpha value is 0.412. The van der Waals surface area contributed by atoms with Crippen LogP contribution in [0.15, 0.2) is 0 Å². The zero-order valence-electron chi connectivity index (χ0n) is 6.96. The van der Waals surface area contributed by atoms with Crippen LogP contribution in [-0.2, 0) is 43.3 Å². The maximum atomic E-state index is 8.52. The second-order valence-corrected chi connectivity index (χ2v) is 1.22. The van der Waals surface area contributed by atoms with Crippen LogP contribution < -0.4 is 12.4 Å². The number of rotatable bonds is 0. The van der Waals surface area contributed by atoms with Gasteiger partial charge in [0.2, 0.25) is 0 Å². The summed E-state index contributed by atoms with van der Waals surface area (Å²) < 4.78 is 34.1. The maximum absolute atomic E-state index is 8.52. The Labute approximate surface area is 96.4 Å². The SMILES string of the molecule is O.O=S(=O)([O-])[O-].[Al+3].[Cl-].[OH3+].[OH3+].[OH3+].[OH3+].[OH3+].[OH3+]. The van der Waals surface area contributed by atoms with Crippen molar-refractivity contribution < 1.29 is 68.3 Å². The molecule has 0 atom stereocenters. The molecule has 14 heteroatoms. The van der Waals surface area contributed by atoms with Crippen LogP contribution in [-0.4, -0.2) is 40.4 Å². The molecule has 0 heterocycles. The van der Waals surface area contributed by atoms with Gasteiger partial charge < -0.3 is 59.8 Å².